The van der Waals surface area contributed by atoms with Crippen LogP contribution in [0.25, 0.3) is 0 Å². The third-order valence-corrected chi connectivity index (χ3v) is 4.77. The second-order valence-corrected chi connectivity index (χ2v) is 6.64. The summed E-state index contributed by atoms with van der Waals surface area (Å²) in [6, 6.07) is 13.2. The number of hydrogen-bond donors (Lipinski definition) is 1. The Morgan fingerprint density at radius 1 is 1.19 bits per heavy atom. The molecular weight excluding hydrogens is 371 g/mol. The molecule has 1 N–H and O–H groups in total. The zero-order valence-corrected chi connectivity index (χ0v) is 15.6. The van der Waals surface area contributed by atoms with Gasteiger partial charge in [0.1, 0.15) is 11.6 Å². The molecule has 1 atom stereocenters. The van der Waals surface area contributed by atoms with E-state index in [1.165, 1.54) is 24.3 Å². The van der Waals surface area contributed by atoms with Crippen molar-refractivity contribution in [2.45, 2.75) is 6.04 Å². The summed E-state index contributed by atoms with van der Waals surface area (Å²) in [5, 5.41) is 3.58. The first-order chi connectivity index (χ1) is 13.1. The van der Waals surface area contributed by atoms with E-state index in [4.69, 9.17) is 21.1 Å². The minimum Gasteiger partial charge on any atom is -0.484 e. The lowest BCUT2D eigenvalue weighted by Gasteiger charge is -2.35. The zero-order valence-electron chi connectivity index (χ0n) is 14.9. The average Bonchev–Trinajstić information content (AvgIpc) is 2.70. The molecule has 0 bridgehead atoms. The van der Waals surface area contributed by atoms with Crippen LogP contribution in [-0.2, 0) is 9.53 Å². The van der Waals surface area contributed by atoms with Crippen LogP contribution in [0.3, 0.4) is 0 Å². The molecule has 0 aliphatic carbocycles. The number of morpholine rings is 1. The Bertz CT molecular complexity index is 751. The highest BCUT2D eigenvalue weighted by molar-refractivity contribution is 6.31. The van der Waals surface area contributed by atoms with Gasteiger partial charge < -0.3 is 14.8 Å². The quantitative estimate of drug-likeness (QED) is 0.786. The van der Waals surface area contributed by atoms with E-state index < -0.39 is 0 Å². The van der Waals surface area contributed by atoms with Gasteiger partial charge in [-0.2, -0.15) is 0 Å². The molecule has 0 saturated carbocycles. The van der Waals surface area contributed by atoms with Crippen molar-refractivity contribution in [3.63, 3.8) is 0 Å². The maximum Gasteiger partial charge on any atom is 0.258 e. The maximum atomic E-state index is 12.9. The zero-order chi connectivity index (χ0) is 19.1. The third kappa shape index (κ3) is 5.66. The maximum absolute atomic E-state index is 12.9. The van der Waals surface area contributed by atoms with E-state index in [2.05, 4.69) is 10.2 Å². The van der Waals surface area contributed by atoms with E-state index in [0.29, 0.717) is 30.5 Å². The summed E-state index contributed by atoms with van der Waals surface area (Å²) in [4.78, 5) is 14.5. The summed E-state index contributed by atoms with van der Waals surface area (Å²) in [7, 11) is 0. The molecular formula is C20H22ClFN2O3. The van der Waals surface area contributed by atoms with Crippen LogP contribution in [0.5, 0.6) is 5.75 Å². The lowest BCUT2D eigenvalue weighted by molar-refractivity contribution is -0.123. The second kappa shape index (κ2) is 9.69. The Hall–Kier alpha value is -2.15. The fourth-order valence-electron chi connectivity index (χ4n) is 3.01. The van der Waals surface area contributed by atoms with Gasteiger partial charge in [0.25, 0.3) is 5.91 Å². The van der Waals surface area contributed by atoms with E-state index in [1.807, 2.05) is 24.3 Å². The molecule has 2 aromatic rings. The summed E-state index contributed by atoms with van der Waals surface area (Å²) in [6.07, 6.45) is 0. The molecule has 1 heterocycles. The predicted octanol–water partition coefficient (Wildman–Crippen LogP) is 3.05. The van der Waals surface area contributed by atoms with Crippen molar-refractivity contribution in [1.82, 2.24) is 10.2 Å². The molecule has 1 aliphatic heterocycles. The molecule has 27 heavy (non-hydrogen) atoms. The van der Waals surface area contributed by atoms with Gasteiger partial charge in [0.05, 0.1) is 19.3 Å². The molecule has 1 saturated heterocycles. The summed E-state index contributed by atoms with van der Waals surface area (Å²) in [5.41, 5.74) is 0.973. The summed E-state index contributed by atoms with van der Waals surface area (Å²) < 4.78 is 23.7. The molecule has 1 amide bonds. The van der Waals surface area contributed by atoms with Gasteiger partial charge in [-0.1, -0.05) is 29.8 Å². The van der Waals surface area contributed by atoms with Gasteiger partial charge >= 0.3 is 0 Å². The Morgan fingerprint density at radius 2 is 1.89 bits per heavy atom. The number of nitrogens with one attached hydrogen (secondary N) is 1. The summed E-state index contributed by atoms with van der Waals surface area (Å²) in [5.74, 6) is -0.146. The highest BCUT2D eigenvalue weighted by atomic mass is 35.5. The van der Waals surface area contributed by atoms with E-state index in [0.717, 1.165) is 18.7 Å². The van der Waals surface area contributed by atoms with Crippen LogP contribution in [0.15, 0.2) is 48.5 Å². The largest absolute Gasteiger partial charge is 0.484 e. The highest BCUT2D eigenvalue weighted by Gasteiger charge is 2.24. The number of rotatable bonds is 7. The molecule has 7 heteroatoms. The van der Waals surface area contributed by atoms with Crippen LogP contribution in [0, 0.1) is 5.82 Å². The fourth-order valence-corrected chi connectivity index (χ4v) is 3.27. The standard InChI is InChI=1S/C20H22ClFN2O3/c21-18-4-2-1-3-17(18)19(24-9-11-26-12-10-24)13-23-20(25)14-27-16-7-5-15(22)6-8-16/h1-8,19H,9-14H2,(H,23,25). The fraction of sp³-hybridized carbons (Fsp3) is 0.350. The van der Waals surface area contributed by atoms with Gasteiger partial charge in [0.15, 0.2) is 6.61 Å². The van der Waals surface area contributed by atoms with Crippen molar-refractivity contribution < 1.29 is 18.7 Å². The van der Waals surface area contributed by atoms with Gasteiger partial charge in [-0.05, 0) is 35.9 Å². The number of carbonyl (C=O) groups is 1. The molecule has 1 aliphatic rings. The van der Waals surface area contributed by atoms with Crippen LogP contribution >= 0.6 is 11.6 Å². The third-order valence-electron chi connectivity index (χ3n) is 4.43. The number of benzene rings is 2. The van der Waals surface area contributed by atoms with Gasteiger partial charge in [-0.25, -0.2) is 4.39 Å². The number of carbonyl (C=O) groups excluding carboxylic acids is 1. The Balaban J connectivity index is 1.59. The number of amides is 1. The van der Waals surface area contributed by atoms with Crippen molar-refractivity contribution in [2.24, 2.45) is 0 Å². The van der Waals surface area contributed by atoms with Crippen LogP contribution in [0.4, 0.5) is 4.39 Å². The number of halogens is 2. The van der Waals surface area contributed by atoms with E-state index in [9.17, 15) is 9.18 Å². The minimum atomic E-state index is -0.347. The van der Waals surface area contributed by atoms with Crippen molar-refractivity contribution in [3.05, 3.63) is 64.9 Å². The van der Waals surface area contributed by atoms with Gasteiger partial charge in [-0.15, -0.1) is 0 Å². The first kappa shape index (κ1) is 19.6. The van der Waals surface area contributed by atoms with Crippen molar-refractivity contribution in [1.29, 1.82) is 0 Å². The number of ether oxygens (including phenoxy) is 2. The molecule has 5 nitrogen and oxygen atoms in total. The summed E-state index contributed by atoms with van der Waals surface area (Å²) in [6.45, 7) is 3.14. The predicted molar refractivity (Wildman–Crippen MR) is 101 cm³/mol. The number of hydrogen-bond acceptors (Lipinski definition) is 4. The van der Waals surface area contributed by atoms with Gasteiger partial charge in [-0.3, -0.25) is 9.69 Å². The lowest BCUT2D eigenvalue weighted by Crippen LogP contribution is -2.44. The lowest BCUT2D eigenvalue weighted by atomic mass is 10.0. The smallest absolute Gasteiger partial charge is 0.258 e. The Labute approximate surface area is 163 Å². The molecule has 1 unspecified atom stereocenters. The van der Waals surface area contributed by atoms with Crippen LogP contribution in [-0.4, -0.2) is 50.3 Å². The normalized spacial score (nSPS) is 15.9. The summed E-state index contributed by atoms with van der Waals surface area (Å²) >= 11 is 6.38. The Kier molecular flexibility index (Phi) is 7.04. The first-order valence-electron chi connectivity index (χ1n) is 8.85. The van der Waals surface area contributed by atoms with E-state index in [1.54, 1.807) is 0 Å². The molecule has 0 radical (unpaired) electrons. The molecule has 0 spiro atoms. The molecule has 0 aromatic heterocycles. The SMILES string of the molecule is O=C(COc1ccc(F)cc1)NCC(c1ccccc1Cl)N1CCOCC1. The topological polar surface area (TPSA) is 50.8 Å². The van der Waals surface area contributed by atoms with Crippen molar-refractivity contribution in [3.8, 4) is 5.75 Å². The number of nitrogens with zero attached hydrogens (tertiary/aromatic N) is 1. The van der Waals surface area contributed by atoms with Gasteiger partial charge in [0, 0.05) is 24.7 Å². The molecule has 2 aromatic carbocycles. The average molecular weight is 393 g/mol. The van der Waals surface area contributed by atoms with Crippen molar-refractivity contribution in [2.75, 3.05) is 39.5 Å². The van der Waals surface area contributed by atoms with Crippen LogP contribution < -0.4 is 10.1 Å². The van der Waals surface area contributed by atoms with E-state index in [-0.39, 0.29) is 24.4 Å². The monoisotopic (exact) mass is 392 g/mol. The van der Waals surface area contributed by atoms with E-state index >= 15 is 0 Å². The van der Waals surface area contributed by atoms with Crippen molar-refractivity contribution >= 4 is 17.5 Å². The Morgan fingerprint density at radius 3 is 2.59 bits per heavy atom. The minimum absolute atomic E-state index is 0.0441. The van der Waals surface area contributed by atoms with Gasteiger partial charge in [0.2, 0.25) is 0 Å². The first-order valence-corrected chi connectivity index (χ1v) is 9.22. The molecule has 3 rings (SSSR count). The molecule has 144 valence electrons. The van der Waals surface area contributed by atoms with Crippen LogP contribution in [0.2, 0.25) is 5.02 Å². The second-order valence-electron chi connectivity index (χ2n) is 6.23. The van der Waals surface area contributed by atoms with Crippen LogP contribution in [0.1, 0.15) is 11.6 Å². The highest BCUT2D eigenvalue weighted by Crippen LogP contribution is 2.27. The molecule has 1 fully saturated rings.